The zero-order chi connectivity index (χ0) is 16.1. The van der Waals surface area contributed by atoms with Crippen molar-refractivity contribution < 1.29 is 0 Å². The quantitative estimate of drug-likeness (QED) is 0.336. The molecule has 3 aromatic rings. The van der Waals surface area contributed by atoms with Crippen LogP contribution in [0.2, 0.25) is 0 Å². The highest BCUT2D eigenvalue weighted by atomic mass is 14.7. The summed E-state index contributed by atoms with van der Waals surface area (Å²) in [5, 5.41) is 2.33. The van der Waals surface area contributed by atoms with Crippen molar-refractivity contribution >= 4 is 27.5 Å². The number of pyridine rings is 1. The first-order chi connectivity index (χ1) is 11.3. The van der Waals surface area contributed by atoms with Crippen LogP contribution in [0.15, 0.2) is 42.5 Å². The topological polar surface area (TPSA) is 38.9 Å². The number of nitrogens with two attached hydrogens (primary N) is 1. The number of fused-ring (bicyclic) bond motifs is 2. The first-order valence-electron chi connectivity index (χ1n) is 8.86. The summed E-state index contributed by atoms with van der Waals surface area (Å²) in [4.78, 5) is 4.89. The molecule has 0 atom stereocenters. The fourth-order valence-corrected chi connectivity index (χ4v) is 3.24. The predicted octanol–water partition coefficient (Wildman–Crippen LogP) is 5.87. The molecule has 0 spiro atoms. The SMILES string of the molecule is CCCCCCCCc1cccc2cc3cc(N)ccc3nc12. The number of aromatic nitrogens is 1. The van der Waals surface area contributed by atoms with Crippen LogP contribution in [-0.2, 0) is 6.42 Å². The van der Waals surface area contributed by atoms with Gasteiger partial charge in [0.2, 0.25) is 0 Å². The van der Waals surface area contributed by atoms with Crippen molar-refractivity contribution in [3.05, 3.63) is 48.0 Å². The molecule has 23 heavy (non-hydrogen) atoms. The number of unbranched alkanes of at least 4 members (excludes halogenated alkanes) is 5. The molecule has 0 amide bonds. The van der Waals surface area contributed by atoms with Gasteiger partial charge in [0.05, 0.1) is 11.0 Å². The molecule has 0 radical (unpaired) electrons. The minimum Gasteiger partial charge on any atom is -0.399 e. The second-order valence-electron chi connectivity index (χ2n) is 6.45. The third-order valence-corrected chi connectivity index (χ3v) is 4.55. The number of hydrogen-bond acceptors (Lipinski definition) is 2. The fraction of sp³-hybridized carbons (Fsp3) is 0.381. The van der Waals surface area contributed by atoms with E-state index in [2.05, 4.69) is 31.2 Å². The van der Waals surface area contributed by atoms with Crippen molar-refractivity contribution in [3.63, 3.8) is 0 Å². The summed E-state index contributed by atoms with van der Waals surface area (Å²) < 4.78 is 0. The summed E-state index contributed by atoms with van der Waals surface area (Å²) in [6.45, 7) is 2.26. The number of para-hydroxylation sites is 1. The van der Waals surface area contributed by atoms with E-state index in [9.17, 15) is 0 Å². The molecule has 3 rings (SSSR count). The maximum atomic E-state index is 5.89. The summed E-state index contributed by atoms with van der Waals surface area (Å²) in [7, 11) is 0. The number of anilines is 1. The van der Waals surface area contributed by atoms with Gasteiger partial charge in [-0.2, -0.15) is 0 Å². The largest absolute Gasteiger partial charge is 0.399 e. The molecule has 0 aliphatic rings. The zero-order valence-corrected chi connectivity index (χ0v) is 14.0. The number of aryl methyl sites for hydroxylation is 1. The molecule has 0 unspecified atom stereocenters. The molecule has 0 aliphatic heterocycles. The van der Waals surface area contributed by atoms with Gasteiger partial charge in [-0.05, 0) is 42.7 Å². The maximum absolute atomic E-state index is 5.89. The molecule has 0 aliphatic carbocycles. The van der Waals surface area contributed by atoms with Gasteiger partial charge >= 0.3 is 0 Å². The minimum absolute atomic E-state index is 0.793. The Bertz CT molecular complexity index is 792. The van der Waals surface area contributed by atoms with E-state index in [4.69, 9.17) is 10.7 Å². The van der Waals surface area contributed by atoms with E-state index in [1.54, 1.807) is 0 Å². The number of nitrogen functional groups attached to an aromatic ring is 1. The molecular formula is C21H26N2. The van der Waals surface area contributed by atoms with Crippen molar-refractivity contribution in [2.45, 2.75) is 51.9 Å². The summed E-state index contributed by atoms with van der Waals surface area (Å²) in [6.07, 6.45) is 9.10. The van der Waals surface area contributed by atoms with Crippen molar-refractivity contribution in [2.75, 3.05) is 5.73 Å². The second-order valence-corrected chi connectivity index (χ2v) is 6.45. The van der Waals surface area contributed by atoms with Crippen LogP contribution in [-0.4, -0.2) is 4.98 Å². The first kappa shape index (κ1) is 15.8. The Morgan fingerprint density at radius 1 is 0.870 bits per heavy atom. The summed E-state index contributed by atoms with van der Waals surface area (Å²) >= 11 is 0. The third-order valence-electron chi connectivity index (χ3n) is 4.55. The Kier molecular flexibility index (Phi) is 5.12. The van der Waals surface area contributed by atoms with E-state index >= 15 is 0 Å². The predicted molar refractivity (Wildman–Crippen MR) is 101 cm³/mol. The van der Waals surface area contributed by atoms with E-state index in [0.717, 1.165) is 28.5 Å². The van der Waals surface area contributed by atoms with Crippen molar-refractivity contribution in [1.29, 1.82) is 0 Å². The third kappa shape index (κ3) is 3.82. The van der Waals surface area contributed by atoms with Gasteiger partial charge in [0.15, 0.2) is 0 Å². The lowest BCUT2D eigenvalue weighted by Crippen LogP contribution is -1.92. The van der Waals surface area contributed by atoms with E-state index in [1.807, 2.05) is 18.2 Å². The lowest BCUT2D eigenvalue weighted by molar-refractivity contribution is 0.608. The summed E-state index contributed by atoms with van der Waals surface area (Å²) in [5.41, 5.74) is 10.2. The van der Waals surface area contributed by atoms with E-state index < -0.39 is 0 Å². The van der Waals surface area contributed by atoms with E-state index in [-0.39, 0.29) is 0 Å². The molecule has 120 valence electrons. The highest BCUT2D eigenvalue weighted by molar-refractivity contribution is 5.95. The lowest BCUT2D eigenvalue weighted by atomic mass is 10.0. The standard InChI is InChI=1S/C21H26N2/c1-2-3-4-5-6-7-9-16-10-8-11-17-14-18-15-19(22)12-13-20(18)23-21(16)17/h8,10-15H,2-7,9,22H2,1H3. The molecule has 2 N–H and O–H groups in total. The van der Waals surface area contributed by atoms with Crippen LogP contribution in [0.1, 0.15) is 51.0 Å². The van der Waals surface area contributed by atoms with Gasteiger partial charge < -0.3 is 5.73 Å². The van der Waals surface area contributed by atoms with Gasteiger partial charge in [0.1, 0.15) is 0 Å². The Balaban J connectivity index is 1.79. The van der Waals surface area contributed by atoms with Crippen LogP contribution in [0.5, 0.6) is 0 Å². The van der Waals surface area contributed by atoms with Gasteiger partial charge in [0, 0.05) is 16.5 Å². The smallest absolute Gasteiger partial charge is 0.0741 e. The molecule has 1 aromatic heterocycles. The van der Waals surface area contributed by atoms with Crippen LogP contribution in [0.4, 0.5) is 5.69 Å². The Morgan fingerprint density at radius 2 is 1.70 bits per heavy atom. The summed E-state index contributed by atoms with van der Waals surface area (Å²) in [5.74, 6) is 0. The number of hydrogen-bond donors (Lipinski definition) is 1. The van der Waals surface area contributed by atoms with Crippen LogP contribution >= 0.6 is 0 Å². The summed E-state index contributed by atoms with van der Waals surface area (Å²) in [6, 6.07) is 14.7. The molecule has 1 heterocycles. The molecule has 2 nitrogen and oxygen atoms in total. The molecule has 0 bridgehead atoms. The van der Waals surface area contributed by atoms with Gasteiger partial charge in [-0.3, -0.25) is 0 Å². The van der Waals surface area contributed by atoms with Gasteiger partial charge in [-0.1, -0.05) is 57.2 Å². The highest BCUT2D eigenvalue weighted by Crippen LogP contribution is 2.25. The highest BCUT2D eigenvalue weighted by Gasteiger charge is 2.05. The lowest BCUT2D eigenvalue weighted by Gasteiger charge is -2.08. The Hall–Kier alpha value is -2.09. The molecule has 0 saturated carbocycles. The average Bonchev–Trinajstić information content (AvgIpc) is 2.56. The molecule has 0 fully saturated rings. The van der Waals surface area contributed by atoms with Gasteiger partial charge in [0.25, 0.3) is 0 Å². The average molecular weight is 306 g/mol. The van der Waals surface area contributed by atoms with Gasteiger partial charge in [-0.25, -0.2) is 4.98 Å². The van der Waals surface area contributed by atoms with Crippen LogP contribution in [0, 0.1) is 0 Å². The number of benzene rings is 2. The molecule has 2 heteroatoms. The number of rotatable bonds is 7. The van der Waals surface area contributed by atoms with E-state index in [1.165, 1.54) is 49.5 Å². The van der Waals surface area contributed by atoms with Crippen molar-refractivity contribution in [3.8, 4) is 0 Å². The molecule has 2 aromatic carbocycles. The van der Waals surface area contributed by atoms with Crippen molar-refractivity contribution in [1.82, 2.24) is 4.98 Å². The second kappa shape index (κ2) is 7.45. The fourth-order valence-electron chi connectivity index (χ4n) is 3.24. The molecule has 0 saturated heterocycles. The maximum Gasteiger partial charge on any atom is 0.0741 e. The zero-order valence-electron chi connectivity index (χ0n) is 14.0. The van der Waals surface area contributed by atoms with Crippen LogP contribution in [0.25, 0.3) is 21.8 Å². The first-order valence-corrected chi connectivity index (χ1v) is 8.86. The monoisotopic (exact) mass is 306 g/mol. The minimum atomic E-state index is 0.793. The van der Waals surface area contributed by atoms with Crippen LogP contribution < -0.4 is 5.73 Å². The van der Waals surface area contributed by atoms with Crippen LogP contribution in [0.3, 0.4) is 0 Å². The number of nitrogens with zero attached hydrogens (tertiary/aromatic N) is 1. The van der Waals surface area contributed by atoms with E-state index in [0.29, 0.717) is 0 Å². The molecular weight excluding hydrogens is 280 g/mol. The van der Waals surface area contributed by atoms with Crippen molar-refractivity contribution in [2.24, 2.45) is 0 Å². The normalized spacial score (nSPS) is 11.3. The van der Waals surface area contributed by atoms with Gasteiger partial charge in [-0.15, -0.1) is 0 Å². The Labute approximate surface area is 138 Å². The Morgan fingerprint density at radius 3 is 2.57 bits per heavy atom.